The lowest BCUT2D eigenvalue weighted by atomic mass is 9.78. The molecule has 2 aliphatic heterocycles. The van der Waals surface area contributed by atoms with E-state index in [9.17, 15) is 14.7 Å². The molecule has 0 saturated carbocycles. The van der Waals surface area contributed by atoms with Crippen LogP contribution in [0.3, 0.4) is 0 Å². The van der Waals surface area contributed by atoms with Crippen molar-refractivity contribution in [1.29, 1.82) is 0 Å². The first-order valence-corrected chi connectivity index (χ1v) is 7.45. The Morgan fingerprint density at radius 3 is 2.17 bits per heavy atom. The molecule has 23 heavy (non-hydrogen) atoms. The van der Waals surface area contributed by atoms with E-state index in [4.69, 9.17) is 14.2 Å². The Hall–Kier alpha value is -2.28. The highest BCUT2D eigenvalue weighted by atomic mass is 16.5. The van der Waals surface area contributed by atoms with Crippen molar-refractivity contribution < 1.29 is 28.9 Å². The highest BCUT2D eigenvalue weighted by Gasteiger charge is 2.55. The third-order valence-corrected chi connectivity index (χ3v) is 4.48. The molecule has 7 heteroatoms. The van der Waals surface area contributed by atoms with Gasteiger partial charge in [-0.15, -0.1) is 0 Å². The summed E-state index contributed by atoms with van der Waals surface area (Å²) < 4.78 is 15.9. The molecule has 1 aromatic rings. The second-order valence-corrected chi connectivity index (χ2v) is 5.77. The molecule has 3 rings (SSSR count). The van der Waals surface area contributed by atoms with Gasteiger partial charge in [-0.1, -0.05) is 0 Å². The molecule has 7 nitrogen and oxygen atoms in total. The van der Waals surface area contributed by atoms with Gasteiger partial charge >= 0.3 is 5.97 Å². The van der Waals surface area contributed by atoms with Crippen LogP contribution in [0.5, 0.6) is 11.5 Å². The Morgan fingerprint density at radius 1 is 1.09 bits per heavy atom. The molecule has 2 saturated heterocycles. The number of carboxylic acids is 1. The molecule has 2 heterocycles. The number of carbonyl (C=O) groups excluding carboxylic acids is 1. The Balaban J connectivity index is 1.80. The lowest BCUT2D eigenvalue weighted by molar-refractivity contribution is -0.147. The van der Waals surface area contributed by atoms with Crippen molar-refractivity contribution in [2.24, 2.45) is 11.8 Å². The second-order valence-electron chi connectivity index (χ2n) is 5.77. The molecular weight excluding hydrogens is 302 g/mol. The van der Waals surface area contributed by atoms with Crippen LogP contribution in [-0.2, 0) is 14.3 Å². The SMILES string of the molecule is COc1cc(NC(=O)[C@H]2[C@@H](C(=O)O)[C@H]3CC[C@@H]2O3)cc(OC)c1. The molecule has 2 bridgehead atoms. The van der Waals surface area contributed by atoms with E-state index in [1.807, 2.05) is 0 Å². The Kier molecular flexibility index (Phi) is 4.12. The molecule has 0 aromatic heterocycles. The van der Waals surface area contributed by atoms with Crippen LogP contribution in [0.1, 0.15) is 12.8 Å². The summed E-state index contributed by atoms with van der Waals surface area (Å²) in [6.45, 7) is 0. The topological polar surface area (TPSA) is 94.1 Å². The molecule has 1 amide bonds. The minimum absolute atomic E-state index is 0.325. The molecule has 1 aromatic carbocycles. The van der Waals surface area contributed by atoms with E-state index in [2.05, 4.69) is 5.32 Å². The minimum atomic E-state index is -0.986. The maximum absolute atomic E-state index is 12.6. The number of carboxylic acid groups (broad SMARTS) is 1. The zero-order chi connectivity index (χ0) is 16.6. The van der Waals surface area contributed by atoms with Gasteiger partial charge in [-0.2, -0.15) is 0 Å². The van der Waals surface area contributed by atoms with Crippen molar-refractivity contribution in [3.05, 3.63) is 18.2 Å². The molecule has 2 fully saturated rings. The summed E-state index contributed by atoms with van der Waals surface area (Å²) in [5.41, 5.74) is 0.498. The van der Waals surface area contributed by atoms with Crippen LogP contribution in [-0.4, -0.2) is 43.4 Å². The van der Waals surface area contributed by atoms with Gasteiger partial charge in [0.15, 0.2) is 0 Å². The lowest BCUT2D eigenvalue weighted by Gasteiger charge is -2.24. The van der Waals surface area contributed by atoms with Crippen LogP contribution < -0.4 is 14.8 Å². The Bertz CT molecular complexity index is 609. The van der Waals surface area contributed by atoms with Crippen molar-refractivity contribution in [2.45, 2.75) is 25.0 Å². The number of hydrogen-bond donors (Lipinski definition) is 2. The minimum Gasteiger partial charge on any atom is -0.497 e. The van der Waals surface area contributed by atoms with E-state index < -0.39 is 17.8 Å². The van der Waals surface area contributed by atoms with E-state index in [0.717, 1.165) is 0 Å². The number of carbonyl (C=O) groups is 2. The van der Waals surface area contributed by atoms with Gasteiger partial charge in [0.05, 0.1) is 38.3 Å². The van der Waals surface area contributed by atoms with Gasteiger partial charge in [-0.25, -0.2) is 0 Å². The molecule has 0 spiro atoms. The van der Waals surface area contributed by atoms with Crippen LogP contribution in [0.4, 0.5) is 5.69 Å². The van der Waals surface area contributed by atoms with E-state index >= 15 is 0 Å². The standard InChI is InChI=1S/C16H19NO6/c1-21-9-5-8(6-10(7-9)22-2)17-15(18)13-11-3-4-12(23-11)14(13)16(19)20/h5-7,11-14H,3-4H2,1-2H3,(H,17,18)(H,19,20)/t11-,12+,13+,14-/m0/s1. The Labute approximate surface area is 133 Å². The zero-order valence-corrected chi connectivity index (χ0v) is 12.9. The summed E-state index contributed by atoms with van der Waals surface area (Å²) in [6, 6.07) is 5.00. The van der Waals surface area contributed by atoms with Crippen LogP contribution in [0.2, 0.25) is 0 Å². The van der Waals surface area contributed by atoms with Gasteiger partial charge in [0.1, 0.15) is 11.5 Å². The number of rotatable bonds is 5. The first kappa shape index (κ1) is 15.6. The molecule has 0 unspecified atom stereocenters. The van der Waals surface area contributed by atoms with Crippen molar-refractivity contribution in [1.82, 2.24) is 0 Å². The van der Waals surface area contributed by atoms with Crippen molar-refractivity contribution in [3.63, 3.8) is 0 Å². The summed E-state index contributed by atoms with van der Waals surface area (Å²) in [4.78, 5) is 24.0. The normalized spacial score (nSPS) is 28.4. The number of nitrogens with one attached hydrogen (secondary N) is 1. The largest absolute Gasteiger partial charge is 0.497 e. The lowest BCUT2D eigenvalue weighted by Crippen LogP contribution is -2.40. The van der Waals surface area contributed by atoms with E-state index in [1.54, 1.807) is 18.2 Å². The number of ether oxygens (including phenoxy) is 3. The summed E-state index contributed by atoms with van der Waals surface area (Å²) in [7, 11) is 3.04. The van der Waals surface area contributed by atoms with Gasteiger partial charge < -0.3 is 24.6 Å². The van der Waals surface area contributed by atoms with Crippen molar-refractivity contribution in [3.8, 4) is 11.5 Å². The van der Waals surface area contributed by atoms with Gasteiger partial charge in [0.2, 0.25) is 5.91 Å². The van der Waals surface area contributed by atoms with Crippen LogP contribution in [0, 0.1) is 11.8 Å². The average molecular weight is 321 g/mol. The van der Waals surface area contributed by atoms with Gasteiger partial charge in [-0.3, -0.25) is 9.59 Å². The van der Waals surface area contributed by atoms with E-state index in [0.29, 0.717) is 30.0 Å². The molecular formula is C16H19NO6. The molecule has 0 radical (unpaired) electrons. The number of benzene rings is 1. The summed E-state index contributed by atoms with van der Waals surface area (Å²) in [6.07, 6.45) is 0.716. The molecule has 2 N–H and O–H groups in total. The maximum Gasteiger partial charge on any atom is 0.310 e. The predicted octanol–water partition coefficient (Wildman–Crippen LogP) is 1.52. The summed E-state index contributed by atoms with van der Waals surface area (Å²) in [5, 5.41) is 12.1. The number of anilines is 1. The monoisotopic (exact) mass is 321 g/mol. The second kappa shape index (κ2) is 6.08. The van der Waals surface area contributed by atoms with Gasteiger partial charge in [0, 0.05) is 23.9 Å². The van der Waals surface area contributed by atoms with E-state index in [-0.39, 0.29) is 18.1 Å². The zero-order valence-electron chi connectivity index (χ0n) is 12.9. The smallest absolute Gasteiger partial charge is 0.310 e. The third-order valence-electron chi connectivity index (χ3n) is 4.48. The quantitative estimate of drug-likeness (QED) is 0.854. The number of fused-ring (bicyclic) bond motifs is 2. The number of aliphatic carboxylic acids is 1. The highest BCUT2D eigenvalue weighted by Crippen LogP contribution is 2.44. The predicted molar refractivity (Wildman–Crippen MR) is 80.7 cm³/mol. The molecule has 124 valence electrons. The molecule has 0 aliphatic carbocycles. The van der Waals surface area contributed by atoms with Crippen molar-refractivity contribution >= 4 is 17.6 Å². The average Bonchev–Trinajstić information content (AvgIpc) is 3.15. The first-order valence-electron chi connectivity index (χ1n) is 7.45. The fourth-order valence-corrected chi connectivity index (χ4v) is 3.43. The number of hydrogen-bond acceptors (Lipinski definition) is 5. The van der Waals surface area contributed by atoms with Crippen LogP contribution in [0.15, 0.2) is 18.2 Å². The number of amides is 1. The summed E-state index contributed by atoms with van der Waals surface area (Å²) in [5.74, 6) is -1.72. The van der Waals surface area contributed by atoms with E-state index in [1.165, 1.54) is 14.2 Å². The van der Waals surface area contributed by atoms with Crippen LogP contribution in [0.25, 0.3) is 0 Å². The molecule has 4 atom stereocenters. The summed E-state index contributed by atoms with van der Waals surface area (Å²) >= 11 is 0. The van der Waals surface area contributed by atoms with Gasteiger partial charge in [-0.05, 0) is 12.8 Å². The van der Waals surface area contributed by atoms with Crippen molar-refractivity contribution in [2.75, 3.05) is 19.5 Å². The highest BCUT2D eigenvalue weighted by molar-refractivity contribution is 5.96. The van der Waals surface area contributed by atoms with Gasteiger partial charge in [0.25, 0.3) is 0 Å². The first-order chi connectivity index (χ1) is 11.0. The Morgan fingerprint density at radius 2 is 1.65 bits per heavy atom. The number of methoxy groups -OCH3 is 2. The maximum atomic E-state index is 12.6. The fraction of sp³-hybridized carbons (Fsp3) is 0.500. The fourth-order valence-electron chi connectivity index (χ4n) is 3.43. The third kappa shape index (κ3) is 2.84. The van der Waals surface area contributed by atoms with Crippen LogP contribution >= 0.6 is 0 Å². The molecule has 2 aliphatic rings.